The summed E-state index contributed by atoms with van der Waals surface area (Å²) in [5, 5.41) is 3.40. The molecule has 1 unspecified atom stereocenters. The number of carbonyl (C=O) groups is 2. The van der Waals surface area contributed by atoms with E-state index in [4.69, 9.17) is 23.2 Å². The minimum atomic E-state index is -4.28. The minimum absolute atomic E-state index is 0.0270. The maximum absolute atomic E-state index is 13.8. The molecule has 2 amide bonds. The molecule has 11 heteroatoms. The van der Waals surface area contributed by atoms with Gasteiger partial charge in [0, 0.05) is 12.6 Å². The third-order valence-electron chi connectivity index (χ3n) is 5.94. The van der Waals surface area contributed by atoms with E-state index in [0.717, 1.165) is 34.1 Å². The highest BCUT2D eigenvalue weighted by Gasteiger charge is 2.32. The van der Waals surface area contributed by atoms with Crippen LogP contribution in [0.15, 0.2) is 71.6 Å². The predicted molar refractivity (Wildman–Crippen MR) is 152 cm³/mol. The lowest BCUT2D eigenvalue weighted by Crippen LogP contribution is -2.52. The summed E-state index contributed by atoms with van der Waals surface area (Å²) in [5.74, 6) is -1.62. The third-order valence-corrected chi connectivity index (χ3v) is 8.46. The van der Waals surface area contributed by atoms with Crippen LogP contribution in [0.1, 0.15) is 31.9 Å². The number of nitrogens with one attached hydrogen (secondary N) is 1. The summed E-state index contributed by atoms with van der Waals surface area (Å²) in [5.41, 5.74) is 1.74. The number of nitrogens with zero attached hydrogens (tertiary/aromatic N) is 2. The first-order valence-electron chi connectivity index (χ1n) is 12.2. The lowest BCUT2D eigenvalue weighted by molar-refractivity contribution is -0.139. The van der Waals surface area contributed by atoms with E-state index in [-0.39, 0.29) is 28.2 Å². The molecular formula is C28H30Cl2FN3O4S. The maximum atomic E-state index is 13.8. The Labute approximate surface area is 238 Å². The Morgan fingerprint density at radius 1 is 0.923 bits per heavy atom. The number of hydrogen-bond acceptors (Lipinski definition) is 4. The van der Waals surface area contributed by atoms with Crippen molar-refractivity contribution in [1.82, 2.24) is 10.2 Å². The van der Waals surface area contributed by atoms with Crippen molar-refractivity contribution < 1.29 is 22.4 Å². The zero-order valence-corrected chi connectivity index (χ0v) is 24.3. The third kappa shape index (κ3) is 7.71. The van der Waals surface area contributed by atoms with Crippen LogP contribution >= 0.6 is 23.2 Å². The van der Waals surface area contributed by atoms with Gasteiger partial charge in [-0.05, 0) is 81.8 Å². The molecule has 0 aliphatic carbocycles. The first-order valence-corrected chi connectivity index (χ1v) is 14.4. The first kappa shape index (κ1) is 30.4. The summed E-state index contributed by atoms with van der Waals surface area (Å²) < 4.78 is 41.9. The molecule has 1 N–H and O–H groups in total. The Hall–Kier alpha value is -3.14. The highest BCUT2D eigenvalue weighted by Crippen LogP contribution is 2.26. The number of halogens is 3. The van der Waals surface area contributed by atoms with Gasteiger partial charge in [0.25, 0.3) is 10.0 Å². The maximum Gasteiger partial charge on any atom is 0.264 e. The average molecular weight is 595 g/mol. The molecule has 0 bridgehead atoms. The van der Waals surface area contributed by atoms with Crippen LogP contribution in [0.5, 0.6) is 0 Å². The fourth-order valence-corrected chi connectivity index (χ4v) is 5.53. The Bertz CT molecular complexity index is 1430. The fraction of sp³-hybridized carbons (Fsp3) is 0.286. The molecule has 3 aromatic rings. The molecule has 0 radical (unpaired) electrons. The number of anilines is 1. The van der Waals surface area contributed by atoms with E-state index in [0.29, 0.717) is 10.6 Å². The van der Waals surface area contributed by atoms with E-state index in [1.54, 1.807) is 63.2 Å². The molecule has 0 spiro atoms. The molecule has 0 aliphatic heterocycles. The summed E-state index contributed by atoms with van der Waals surface area (Å²) >= 11 is 12.2. The Kier molecular flexibility index (Phi) is 9.98. The molecule has 39 heavy (non-hydrogen) atoms. The van der Waals surface area contributed by atoms with Crippen LogP contribution in [0.25, 0.3) is 0 Å². The summed E-state index contributed by atoms with van der Waals surface area (Å²) in [6.07, 6.45) is 0. The van der Waals surface area contributed by atoms with Crippen molar-refractivity contribution in [3.05, 3.63) is 93.7 Å². The van der Waals surface area contributed by atoms with Crippen LogP contribution in [0.2, 0.25) is 10.0 Å². The molecule has 3 aromatic carbocycles. The first-order chi connectivity index (χ1) is 18.3. The van der Waals surface area contributed by atoms with Gasteiger partial charge < -0.3 is 10.2 Å². The van der Waals surface area contributed by atoms with Crippen LogP contribution in [0.4, 0.5) is 10.1 Å². The van der Waals surface area contributed by atoms with Gasteiger partial charge in [-0.25, -0.2) is 12.8 Å². The Morgan fingerprint density at radius 3 is 2.10 bits per heavy atom. The van der Waals surface area contributed by atoms with Gasteiger partial charge >= 0.3 is 0 Å². The Morgan fingerprint density at radius 2 is 1.54 bits per heavy atom. The van der Waals surface area contributed by atoms with Crippen molar-refractivity contribution in [2.45, 2.75) is 51.2 Å². The van der Waals surface area contributed by atoms with Crippen molar-refractivity contribution in [3.63, 3.8) is 0 Å². The van der Waals surface area contributed by atoms with E-state index >= 15 is 0 Å². The van der Waals surface area contributed by atoms with Gasteiger partial charge in [-0.15, -0.1) is 0 Å². The molecule has 0 aromatic heterocycles. The van der Waals surface area contributed by atoms with Gasteiger partial charge in [-0.1, -0.05) is 47.0 Å². The Balaban J connectivity index is 2.04. The second kappa shape index (κ2) is 12.8. The number of amides is 2. The van der Waals surface area contributed by atoms with Crippen LogP contribution in [-0.4, -0.2) is 43.8 Å². The van der Waals surface area contributed by atoms with Gasteiger partial charge in [-0.3, -0.25) is 13.9 Å². The van der Waals surface area contributed by atoms with Crippen LogP contribution in [0, 0.1) is 12.7 Å². The highest BCUT2D eigenvalue weighted by molar-refractivity contribution is 7.92. The van der Waals surface area contributed by atoms with Crippen molar-refractivity contribution in [2.75, 3.05) is 10.8 Å². The molecule has 3 rings (SSSR count). The lowest BCUT2D eigenvalue weighted by Gasteiger charge is -2.32. The molecule has 0 heterocycles. The van der Waals surface area contributed by atoms with E-state index < -0.39 is 40.2 Å². The predicted octanol–water partition coefficient (Wildman–Crippen LogP) is 5.58. The number of hydrogen-bond donors (Lipinski definition) is 1. The largest absolute Gasteiger partial charge is 0.352 e. The molecule has 0 aliphatic rings. The van der Waals surface area contributed by atoms with E-state index in [1.165, 1.54) is 4.90 Å². The highest BCUT2D eigenvalue weighted by atomic mass is 35.5. The molecular weight excluding hydrogens is 564 g/mol. The fourth-order valence-electron chi connectivity index (χ4n) is 3.80. The van der Waals surface area contributed by atoms with Crippen LogP contribution in [0.3, 0.4) is 0 Å². The van der Waals surface area contributed by atoms with Crippen LogP contribution in [-0.2, 0) is 26.2 Å². The molecule has 0 saturated heterocycles. The standard InChI is InChI=1S/C28H30Cl2FN3O4S/c1-18(2)32-28(36)20(4)33(16-21-7-14-25(29)26(30)15-21)27(35)17-34(23-10-5-19(3)6-11-23)39(37,38)24-12-8-22(31)9-13-24/h5-15,18,20H,16-17H2,1-4H3,(H,32,36). The lowest BCUT2D eigenvalue weighted by atomic mass is 10.1. The van der Waals surface area contributed by atoms with Gasteiger partial charge in [0.2, 0.25) is 11.8 Å². The second-order valence-electron chi connectivity index (χ2n) is 9.41. The number of aryl methyl sites for hydroxylation is 1. The zero-order valence-electron chi connectivity index (χ0n) is 22.0. The average Bonchev–Trinajstić information content (AvgIpc) is 2.87. The smallest absolute Gasteiger partial charge is 0.264 e. The quantitative estimate of drug-likeness (QED) is 0.332. The number of rotatable bonds is 10. The topological polar surface area (TPSA) is 86.8 Å². The van der Waals surface area contributed by atoms with Gasteiger partial charge in [0.15, 0.2) is 0 Å². The number of sulfonamides is 1. The van der Waals surface area contributed by atoms with Crippen molar-refractivity contribution in [2.24, 2.45) is 0 Å². The normalized spacial score (nSPS) is 12.2. The van der Waals surface area contributed by atoms with Gasteiger partial charge in [0.05, 0.1) is 20.6 Å². The summed E-state index contributed by atoms with van der Waals surface area (Å²) in [4.78, 5) is 27.9. The van der Waals surface area contributed by atoms with Crippen molar-refractivity contribution >= 4 is 50.7 Å². The van der Waals surface area contributed by atoms with Crippen molar-refractivity contribution in [1.29, 1.82) is 0 Å². The van der Waals surface area contributed by atoms with Crippen LogP contribution < -0.4 is 9.62 Å². The molecule has 208 valence electrons. The molecule has 0 saturated carbocycles. The van der Waals surface area contributed by atoms with Gasteiger partial charge in [-0.2, -0.15) is 0 Å². The van der Waals surface area contributed by atoms with E-state index in [2.05, 4.69) is 5.32 Å². The minimum Gasteiger partial charge on any atom is -0.352 e. The zero-order chi connectivity index (χ0) is 28.9. The number of carbonyl (C=O) groups excluding carboxylic acids is 2. The monoisotopic (exact) mass is 593 g/mol. The van der Waals surface area contributed by atoms with E-state index in [1.807, 2.05) is 6.92 Å². The summed E-state index contributed by atoms with van der Waals surface area (Å²) in [6, 6.07) is 14.7. The number of benzene rings is 3. The van der Waals surface area contributed by atoms with Gasteiger partial charge in [0.1, 0.15) is 18.4 Å². The van der Waals surface area contributed by atoms with Crippen molar-refractivity contribution in [3.8, 4) is 0 Å². The second-order valence-corrected chi connectivity index (χ2v) is 12.1. The molecule has 0 fully saturated rings. The SMILES string of the molecule is Cc1ccc(N(CC(=O)N(Cc2ccc(Cl)c(Cl)c2)C(C)C(=O)NC(C)C)S(=O)(=O)c2ccc(F)cc2)cc1. The van der Waals surface area contributed by atoms with E-state index in [9.17, 15) is 22.4 Å². The molecule has 1 atom stereocenters. The summed E-state index contributed by atoms with van der Waals surface area (Å²) in [7, 11) is -4.28. The molecule has 7 nitrogen and oxygen atoms in total. The summed E-state index contributed by atoms with van der Waals surface area (Å²) in [6.45, 7) is 6.37.